The molecule has 0 bridgehead atoms. The van der Waals surface area contributed by atoms with Gasteiger partial charge in [0.1, 0.15) is 5.92 Å². The number of ether oxygens (including phenoxy) is 2. The lowest BCUT2D eigenvalue weighted by molar-refractivity contribution is -0.150. The van der Waals surface area contributed by atoms with Crippen molar-refractivity contribution < 1.29 is 23.9 Å². The Morgan fingerprint density at radius 2 is 1.77 bits per heavy atom. The minimum atomic E-state index is -1.34. The minimum absolute atomic E-state index is 0.00243. The Morgan fingerprint density at radius 3 is 2.23 bits per heavy atom. The van der Waals surface area contributed by atoms with Crippen LogP contribution in [0.4, 0.5) is 0 Å². The Bertz CT molecular complexity index is 1040. The molecule has 190 valence electrons. The van der Waals surface area contributed by atoms with Gasteiger partial charge in [0.15, 0.2) is 5.75 Å². The highest BCUT2D eigenvalue weighted by Crippen LogP contribution is 2.44. The van der Waals surface area contributed by atoms with Gasteiger partial charge in [0.05, 0.1) is 46.2 Å². The predicted molar refractivity (Wildman–Crippen MR) is 136 cm³/mol. The van der Waals surface area contributed by atoms with Crippen LogP contribution >= 0.6 is 35.0 Å². The first kappa shape index (κ1) is 28.8. The molecule has 0 spiro atoms. The van der Waals surface area contributed by atoms with Crippen LogP contribution in [0.25, 0.3) is 0 Å². The number of nitriles is 1. The monoisotopic (exact) mass is 541 g/mol. The molecule has 2 rings (SSSR count). The number of esters is 1. The summed E-state index contributed by atoms with van der Waals surface area (Å²) in [4.78, 5) is 40.2. The van der Waals surface area contributed by atoms with E-state index < -0.39 is 23.7 Å². The van der Waals surface area contributed by atoms with Crippen LogP contribution < -0.4 is 10.1 Å². The van der Waals surface area contributed by atoms with Crippen LogP contribution in [-0.2, 0) is 19.1 Å². The van der Waals surface area contributed by atoms with Crippen molar-refractivity contribution in [3.8, 4) is 11.8 Å². The van der Waals surface area contributed by atoms with E-state index in [1.54, 1.807) is 11.8 Å². The lowest BCUT2D eigenvalue weighted by atomic mass is 9.78. The van der Waals surface area contributed by atoms with E-state index in [1.165, 1.54) is 12.1 Å². The number of carbonyl (C=O) groups is 3. The predicted octanol–water partition coefficient (Wildman–Crippen LogP) is 4.51. The largest absolute Gasteiger partial charge is 0.491 e. The first-order valence-electron chi connectivity index (χ1n) is 11.1. The van der Waals surface area contributed by atoms with Crippen LogP contribution in [0, 0.1) is 17.2 Å². The average Bonchev–Trinajstić information content (AvgIpc) is 2.78. The second-order valence-corrected chi connectivity index (χ2v) is 10.1. The van der Waals surface area contributed by atoms with E-state index in [0.717, 1.165) is 18.9 Å². The van der Waals surface area contributed by atoms with Gasteiger partial charge in [0.2, 0.25) is 11.8 Å². The molecule has 2 atom stereocenters. The third-order valence-electron chi connectivity index (χ3n) is 5.39. The van der Waals surface area contributed by atoms with E-state index in [0.29, 0.717) is 12.2 Å². The average molecular weight is 542 g/mol. The van der Waals surface area contributed by atoms with Gasteiger partial charge in [-0.15, -0.1) is 0 Å². The fourth-order valence-corrected chi connectivity index (χ4v) is 5.63. The Hall–Kier alpha value is -2.41. The highest BCUT2D eigenvalue weighted by Gasteiger charge is 2.45. The maximum atomic E-state index is 13.0. The maximum absolute atomic E-state index is 13.0. The summed E-state index contributed by atoms with van der Waals surface area (Å²) < 4.78 is 10.3. The van der Waals surface area contributed by atoms with Gasteiger partial charge in [-0.2, -0.15) is 5.26 Å². The number of benzene rings is 1. The molecule has 2 amide bonds. The van der Waals surface area contributed by atoms with Crippen LogP contribution in [0.3, 0.4) is 0 Å². The summed E-state index contributed by atoms with van der Waals surface area (Å²) >= 11 is 13.8. The van der Waals surface area contributed by atoms with E-state index in [2.05, 4.69) is 11.4 Å². The smallest absolute Gasteiger partial charge is 0.319 e. The third-order valence-corrected chi connectivity index (χ3v) is 6.96. The van der Waals surface area contributed by atoms with Crippen LogP contribution in [0.2, 0.25) is 10.0 Å². The number of nitrogens with zero attached hydrogens (tertiary/aromatic N) is 2. The number of carbonyl (C=O) groups excluding carboxylic acids is 3. The first-order valence-corrected chi connectivity index (χ1v) is 12.8. The number of amides is 2. The molecule has 0 saturated carbocycles. The van der Waals surface area contributed by atoms with E-state index in [1.807, 2.05) is 27.7 Å². The summed E-state index contributed by atoms with van der Waals surface area (Å²) in [5.41, 5.74) is 0.482. The lowest BCUT2D eigenvalue weighted by Crippen LogP contribution is -2.45. The van der Waals surface area contributed by atoms with Gasteiger partial charge in [-0.1, -0.05) is 35.0 Å². The summed E-state index contributed by atoms with van der Waals surface area (Å²) in [7, 11) is 1.16. The Balaban J connectivity index is 2.56. The fourth-order valence-electron chi connectivity index (χ4n) is 4.10. The summed E-state index contributed by atoms with van der Waals surface area (Å²) in [5, 5.41) is 13.2. The molecule has 0 unspecified atom stereocenters. The highest BCUT2D eigenvalue weighted by molar-refractivity contribution is 8.03. The van der Waals surface area contributed by atoms with Crippen LogP contribution in [-0.4, -0.2) is 54.2 Å². The van der Waals surface area contributed by atoms with Crippen molar-refractivity contribution in [2.24, 2.45) is 5.92 Å². The molecule has 11 heteroatoms. The number of hydrogen-bond donors (Lipinski definition) is 1. The number of methoxy groups -OCH3 is 1. The molecule has 1 aromatic carbocycles. The van der Waals surface area contributed by atoms with Crippen molar-refractivity contribution in [1.82, 2.24) is 10.2 Å². The summed E-state index contributed by atoms with van der Waals surface area (Å²) in [6.45, 7) is 9.78. The molecule has 0 aliphatic carbocycles. The molecule has 1 heterocycles. The molecule has 35 heavy (non-hydrogen) atoms. The van der Waals surface area contributed by atoms with E-state index in [4.69, 9.17) is 32.7 Å². The van der Waals surface area contributed by atoms with Crippen LogP contribution in [0.15, 0.2) is 22.7 Å². The summed E-state index contributed by atoms with van der Waals surface area (Å²) in [5.74, 6) is -3.71. The number of allylic oxidation sites excluding steroid dienone is 1. The van der Waals surface area contributed by atoms with Crippen molar-refractivity contribution in [3.05, 3.63) is 38.3 Å². The number of rotatable bonds is 9. The molecule has 1 aromatic rings. The number of thioether (sulfide) groups is 1. The minimum Gasteiger partial charge on any atom is -0.491 e. The van der Waals surface area contributed by atoms with Gasteiger partial charge >= 0.3 is 5.97 Å². The molecule has 0 fully saturated rings. The van der Waals surface area contributed by atoms with Crippen molar-refractivity contribution in [1.29, 1.82) is 5.26 Å². The molecule has 1 aliphatic heterocycles. The Kier molecular flexibility index (Phi) is 10.3. The second kappa shape index (κ2) is 12.5. The van der Waals surface area contributed by atoms with Crippen molar-refractivity contribution in [3.63, 3.8) is 0 Å². The Morgan fingerprint density at radius 1 is 1.20 bits per heavy atom. The van der Waals surface area contributed by atoms with Gasteiger partial charge in [0.25, 0.3) is 0 Å². The number of halogens is 2. The molecule has 1 N–H and O–H groups in total. The van der Waals surface area contributed by atoms with Gasteiger partial charge in [-0.3, -0.25) is 14.4 Å². The number of hydrogen-bond acceptors (Lipinski definition) is 7. The molecule has 0 radical (unpaired) electrons. The third kappa shape index (κ3) is 6.43. The zero-order chi connectivity index (χ0) is 26.4. The molecule has 0 saturated heterocycles. The SMILES string of the molecule is CCOc1c(Cl)cc([C@H]2C(C#N)=C(SCC(=O)N(C(C)C)C(C)C)NC(=O)[C@H]2C(=O)OC)cc1Cl. The molecular formula is C24H29Cl2N3O5S. The van der Waals surface area contributed by atoms with Gasteiger partial charge in [-0.25, -0.2) is 0 Å². The Labute approximate surface area is 219 Å². The van der Waals surface area contributed by atoms with E-state index >= 15 is 0 Å². The number of nitrogens with one attached hydrogen (secondary N) is 1. The van der Waals surface area contributed by atoms with Gasteiger partial charge in [-0.05, 0) is 52.3 Å². The summed E-state index contributed by atoms with van der Waals surface area (Å²) in [6.07, 6.45) is 0. The normalized spacial score (nSPS) is 17.8. The standard InChI is InChI=1S/C24H29Cl2N3O5S/c1-7-34-21-16(25)8-14(9-17(21)26)19-15(10-27)23(28-22(31)20(19)24(32)33-6)35-11-18(30)29(12(2)3)13(4)5/h8-9,12-13,19-20H,7,11H2,1-6H3,(H,28,31)/t19-,20-/m0/s1. The fraction of sp³-hybridized carbons (Fsp3) is 0.500. The zero-order valence-corrected chi connectivity index (χ0v) is 22.8. The van der Waals surface area contributed by atoms with Crippen LogP contribution in [0.5, 0.6) is 5.75 Å². The zero-order valence-electron chi connectivity index (χ0n) is 20.5. The topological polar surface area (TPSA) is 109 Å². The van der Waals surface area contributed by atoms with E-state index in [9.17, 15) is 19.6 Å². The molecule has 0 aromatic heterocycles. The van der Waals surface area contributed by atoms with Gasteiger partial charge < -0.3 is 19.7 Å². The van der Waals surface area contributed by atoms with Crippen molar-refractivity contribution in [2.45, 2.75) is 52.6 Å². The molecule has 8 nitrogen and oxygen atoms in total. The van der Waals surface area contributed by atoms with Crippen molar-refractivity contribution in [2.75, 3.05) is 19.5 Å². The lowest BCUT2D eigenvalue weighted by Gasteiger charge is -2.33. The maximum Gasteiger partial charge on any atom is 0.319 e. The molecule has 1 aliphatic rings. The molecular weight excluding hydrogens is 513 g/mol. The first-order chi connectivity index (χ1) is 16.5. The van der Waals surface area contributed by atoms with Crippen LogP contribution in [0.1, 0.15) is 46.1 Å². The second-order valence-electron chi connectivity index (χ2n) is 8.35. The van der Waals surface area contributed by atoms with E-state index in [-0.39, 0.29) is 50.1 Å². The van der Waals surface area contributed by atoms with Gasteiger partial charge in [0, 0.05) is 18.0 Å². The highest BCUT2D eigenvalue weighted by atomic mass is 35.5. The quantitative estimate of drug-likeness (QED) is 0.361. The van der Waals surface area contributed by atoms with Crippen molar-refractivity contribution >= 4 is 52.7 Å². The summed E-state index contributed by atoms with van der Waals surface area (Å²) in [6, 6.07) is 5.10.